The summed E-state index contributed by atoms with van der Waals surface area (Å²) in [6.45, 7) is 2.90. The van der Waals surface area contributed by atoms with Crippen LogP contribution in [0, 0.1) is 0 Å². The van der Waals surface area contributed by atoms with E-state index < -0.39 is 0 Å². The predicted octanol–water partition coefficient (Wildman–Crippen LogP) is 9.07. The quantitative estimate of drug-likeness (QED) is 0.156. The highest BCUT2D eigenvalue weighted by molar-refractivity contribution is 6.07. The third kappa shape index (κ3) is 6.97. The molecule has 316 valence electrons. The first-order valence-electron chi connectivity index (χ1n) is 21.7. The number of para-hydroxylation sites is 2. The Labute approximate surface area is 358 Å². The number of rotatable bonds is 6. The molecule has 4 amide bonds. The van der Waals surface area contributed by atoms with Crippen molar-refractivity contribution in [1.82, 2.24) is 30.0 Å². The van der Waals surface area contributed by atoms with Gasteiger partial charge in [0, 0.05) is 46.7 Å². The average molecular weight is 819 g/mol. The molecule has 2 saturated carbocycles. The van der Waals surface area contributed by atoms with Crippen molar-refractivity contribution in [2.75, 3.05) is 51.1 Å². The second-order valence-electron chi connectivity index (χ2n) is 18.3. The maximum Gasteiger partial charge on any atom is 0.322 e. The summed E-state index contributed by atoms with van der Waals surface area (Å²) in [7, 11) is 8.66. The van der Waals surface area contributed by atoms with Crippen LogP contribution in [0.1, 0.15) is 74.2 Å². The third-order valence-electron chi connectivity index (χ3n) is 14.7. The number of fused-ring (bicyclic) bond motifs is 2. The van der Waals surface area contributed by atoms with Crippen LogP contribution >= 0.6 is 0 Å². The number of hydrogen-bond donors (Lipinski definition) is 3. The molecule has 2 aromatic heterocycles. The molecule has 61 heavy (non-hydrogen) atoms. The van der Waals surface area contributed by atoms with Gasteiger partial charge in [-0.05, 0) is 103 Å². The molecular weight excluding hydrogens is 761 g/mol. The normalized spacial score (nSPS) is 26.3. The minimum absolute atomic E-state index is 0.0185. The number of hydrogen-bond acceptors (Lipinski definition) is 5. The average Bonchev–Trinajstić information content (AvgIpc) is 4.04. The molecule has 2 saturated heterocycles. The Bertz CT molecular complexity index is 2560. The topological polar surface area (TPSA) is 109 Å². The van der Waals surface area contributed by atoms with Crippen molar-refractivity contribution >= 4 is 51.2 Å². The maximum absolute atomic E-state index is 13.1. The Kier molecular flexibility index (Phi) is 10.3. The first-order chi connectivity index (χ1) is 29.4. The molecule has 0 bridgehead atoms. The molecule has 4 aliphatic rings. The molecule has 11 heteroatoms. The smallest absolute Gasteiger partial charge is 0.322 e. The van der Waals surface area contributed by atoms with Crippen LogP contribution in [0.15, 0.2) is 122 Å². The monoisotopic (exact) mass is 818 g/mol. The number of carbonyl (C=O) groups is 3. The molecule has 2 aliphatic carbocycles. The number of aromatic amines is 1. The number of H-pyrrole nitrogens is 1. The van der Waals surface area contributed by atoms with Gasteiger partial charge in [0.2, 0.25) is 5.91 Å². The third-order valence-corrected chi connectivity index (χ3v) is 14.7. The lowest BCUT2D eigenvalue weighted by atomic mass is 9.69. The van der Waals surface area contributed by atoms with E-state index in [1.807, 2.05) is 58.6 Å². The van der Waals surface area contributed by atoms with Gasteiger partial charge < -0.3 is 15.6 Å². The molecule has 0 atom stereocenters. The van der Waals surface area contributed by atoms with Crippen LogP contribution in [0.2, 0.25) is 0 Å². The van der Waals surface area contributed by atoms with E-state index in [1.165, 1.54) is 11.1 Å². The number of urea groups is 2. The molecule has 2 spiro atoms. The molecule has 6 aromatic rings. The number of nitrogens with zero attached hydrogens (tertiary/aromatic N) is 5. The van der Waals surface area contributed by atoms with Crippen molar-refractivity contribution in [2.24, 2.45) is 0 Å². The van der Waals surface area contributed by atoms with Crippen LogP contribution in [0.3, 0.4) is 0 Å². The van der Waals surface area contributed by atoms with Gasteiger partial charge in [-0.3, -0.25) is 29.0 Å². The van der Waals surface area contributed by atoms with E-state index in [0.29, 0.717) is 6.54 Å². The summed E-state index contributed by atoms with van der Waals surface area (Å²) in [5, 5.41) is 8.71. The molecule has 3 N–H and O–H groups in total. The van der Waals surface area contributed by atoms with Gasteiger partial charge in [-0.15, -0.1) is 0 Å². The zero-order valence-corrected chi connectivity index (χ0v) is 36.1. The van der Waals surface area contributed by atoms with E-state index in [9.17, 15) is 14.4 Å². The fraction of sp³-hybridized carbons (Fsp3) is 0.380. The molecule has 4 fully saturated rings. The fourth-order valence-electron chi connectivity index (χ4n) is 11.1. The van der Waals surface area contributed by atoms with Gasteiger partial charge in [0.25, 0.3) is 0 Å². The van der Waals surface area contributed by atoms with E-state index in [0.717, 1.165) is 91.1 Å². The molecular formula is C50H58N8O3. The molecule has 4 aromatic carbocycles. The van der Waals surface area contributed by atoms with Crippen LogP contribution in [0.4, 0.5) is 21.0 Å². The summed E-state index contributed by atoms with van der Waals surface area (Å²) in [4.78, 5) is 50.0. The SMILES string of the molecule is CC(=O)n1cc(N2CC3(CCC(c4ccccc4)(N(C)C)CC3)NC2=O)c2ccccc21.CN(C)C1(c2ccccc2)CCC2(CC1)CN(c1c[nH]c3ccccc13)C(=O)N2. The number of amides is 4. The fourth-order valence-corrected chi connectivity index (χ4v) is 11.1. The van der Waals surface area contributed by atoms with Crippen molar-refractivity contribution in [3.05, 3.63) is 133 Å². The first kappa shape index (κ1) is 40.5. The van der Waals surface area contributed by atoms with Crippen molar-refractivity contribution in [2.45, 2.75) is 80.4 Å². The minimum atomic E-state index is -0.245. The van der Waals surface area contributed by atoms with Crippen LogP contribution in [0.5, 0.6) is 0 Å². The van der Waals surface area contributed by atoms with Gasteiger partial charge in [0.05, 0.1) is 41.1 Å². The van der Waals surface area contributed by atoms with Gasteiger partial charge in [-0.2, -0.15) is 0 Å². The summed E-state index contributed by atoms with van der Waals surface area (Å²) >= 11 is 0. The first-order valence-corrected chi connectivity index (χ1v) is 21.7. The van der Waals surface area contributed by atoms with E-state index in [2.05, 4.69) is 126 Å². The summed E-state index contributed by atoms with van der Waals surface area (Å²) in [5.74, 6) is -0.0573. The van der Waals surface area contributed by atoms with Crippen molar-refractivity contribution in [3.8, 4) is 0 Å². The van der Waals surface area contributed by atoms with Crippen LogP contribution < -0.4 is 20.4 Å². The van der Waals surface area contributed by atoms with Crippen LogP contribution in [-0.4, -0.2) is 89.7 Å². The lowest BCUT2D eigenvalue weighted by molar-refractivity contribution is 0.0657. The summed E-state index contributed by atoms with van der Waals surface area (Å²) in [6.07, 6.45) is 11.6. The molecule has 0 unspecified atom stereocenters. The maximum atomic E-state index is 13.1. The second kappa shape index (κ2) is 15.5. The highest BCUT2D eigenvalue weighted by Gasteiger charge is 2.52. The van der Waals surface area contributed by atoms with Gasteiger partial charge in [0.1, 0.15) is 0 Å². The van der Waals surface area contributed by atoms with Crippen LogP contribution in [-0.2, 0) is 11.1 Å². The Balaban J connectivity index is 0.000000157. The zero-order chi connectivity index (χ0) is 42.6. The summed E-state index contributed by atoms with van der Waals surface area (Å²) in [5.41, 5.74) is 6.01. The predicted molar refractivity (Wildman–Crippen MR) is 244 cm³/mol. The molecule has 0 radical (unpaired) electrons. The summed E-state index contributed by atoms with van der Waals surface area (Å²) in [6, 6.07) is 37.4. The minimum Gasteiger partial charge on any atom is -0.359 e. The highest BCUT2D eigenvalue weighted by Crippen LogP contribution is 2.48. The Morgan fingerprint density at radius 3 is 1.49 bits per heavy atom. The highest BCUT2D eigenvalue weighted by atomic mass is 16.2. The second-order valence-corrected chi connectivity index (χ2v) is 18.3. The zero-order valence-electron chi connectivity index (χ0n) is 36.1. The Morgan fingerprint density at radius 1 is 0.557 bits per heavy atom. The number of benzene rings is 4. The van der Waals surface area contributed by atoms with Crippen molar-refractivity contribution < 1.29 is 14.4 Å². The molecule has 10 rings (SSSR count). The van der Waals surface area contributed by atoms with E-state index in [-0.39, 0.29) is 40.1 Å². The van der Waals surface area contributed by atoms with E-state index in [4.69, 9.17) is 0 Å². The van der Waals surface area contributed by atoms with E-state index >= 15 is 0 Å². The lowest BCUT2D eigenvalue weighted by Gasteiger charge is -2.48. The summed E-state index contributed by atoms with van der Waals surface area (Å²) < 4.78 is 1.64. The molecule has 2 aliphatic heterocycles. The van der Waals surface area contributed by atoms with E-state index in [1.54, 1.807) is 11.5 Å². The number of carbonyl (C=O) groups excluding carboxylic acids is 3. The lowest BCUT2D eigenvalue weighted by Crippen LogP contribution is -2.54. The molecule has 4 heterocycles. The largest absolute Gasteiger partial charge is 0.359 e. The van der Waals surface area contributed by atoms with Gasteiger partial charge in [0.15, 0.2) is 0 Å². The number of anilines is 2. The Hall–Kier alpha value is -5.91. The van der Waals surface area contributed by atoms with Crippen LogP contribution in [0.25, 0.3) is 21.8 Å². The van der Waals surface area contributed by atoms with Gasteiger partial charge in [-0.1, -0.05) is 97.1 Å². The number of aromatic nitrogens is 2. The van der Waals surface area contributed by atoms with Crippen molar-refractivity contribution in [1.29, 1.82) is 0 Å². The Morgan fingerprint density at radius 2 is 1.00 bits per heavy atom. The molecule has 11 nitrogen and oxygen atoms in total. The number of nitrogens with one attached hydrogen (secondary N) is 3. The standard InChI is InChI=1S/C26H30N4O2.C24H28N4O/c1-19(31)29-17-23(21-11-7-8-12-22(21)29)30-18-25(27-24(30)32)13-15-26(16-14-25,28(2)3)20-9-5-4-6-10-20;1-27(2)24(18-8-4-3-5-9-18)14-12-23(13-15-24)17-28(22(29)26-23)21-16-25-20-11-7-6-10-19(20)21/h4-12,17H,13-16,18H2,1-3H3,(H,27,32);3-11,16,25H,12-15,17H2,1-2H3,(H,26,29). The van der Waals surface area contributed by atoms with Gasteiger partial charge in [-0.25, -0.2) is 9.59 Å². The van der Waals surface area contributed by atoms with Gasteiger partial charge >= 0.3 is 12.1 Å². The van der Waals surface area contributed by atoms with Crippen molar-refractivity contribution in [3.63, 3.8) is 0 Å².